The standard InChI is InChI=1S/C13H15NO.ClH/c1-14(2)9-11-8-7-10-5-3-4-6-12(10)13(11)15;/h3-8,15H,9H2,1-2H3;1H. The number of rotatable bonds is 2. The number of aromatic hydroxyl groups is 1. The highest BCUT2D eigenvalue weighted by Gasteiger charge is 2.06. The summed E-state index contributed by atoms with van der Waals surface area (Å²) in [5.74, 6) is 0.404. The maximum absolute atomic E-state index is 10.1. The maximum Gasteiger partial charge on any atom is 0.127 e. The third-order valence-corrected chi connectivity index (χ3v) is 2.47. The average Bonchev–Trinajstić information content (AvgIpc) is 2.22. The largest absolute Gasteiger partial charge is 0.507 e. The molecule has 2 nitrogen and oxygen atoms in total. The molecule has 1 N–H and O–H groups in total. The Labute approximate surface area is 102 Å². The summed E-state index contributed by atoms with van der Waals surface area (Å²) >= 11 is 0. The minimum atomic E-state index is 0. The molecule has 0 unspecified atom stereocenters. The highest BCUT2D eigenvalue weighted by atomic mass is 35.5. The summed E-state index contributed by atoms with van der Waals surface area (Å²) in [6.07, 6.45) is 0. The van der Waals surface area contributed by atoms with Crippen LogP contribution in [0.4, 0.5) is 0 Å². The van der Waals surface area contributed by atoms with E-state index < -0.39 is 0 Å². The Morgan fingerprint density at radius 2 is 1.75 bits per heavy atom. The van der Waals surface area contributed by atoms with Crippen molar-refractivity contribution in [2.45, 2.75) is 6.54 Å². The first-order valence-electron chi connectivity index (χ1n) is 5.03. The van der Waals surface area contributed by atoms with Crippen LogP contribution < -0.4 is 0 Å². The summed E-state index contributed by atoms with van der Waals surface area (Å²) < 4.78 is 0. The van der Waals surface area contributed by atoms with Gasteiger partial charge in [0.2, 0.25) is 0 Å². The van der Waals surface area contributed by atoms with Gasteiger partial charge in [-0.3, -0.25) is 0 Å². The molecule has 16 heavy (non-hydrogen) atoms. The van der Waals surface area contributed by atoms with Crippen LogP contribution in [0.25, 0.3) is 10.8 Å². The van der Waals surface area contributed by atoms with Crippen LogP contribution in [0, 0.1) is 0 Å². The van der Waals surface area contributed by atoms with Crippen molar-refractivity contribution in [2.75, 3.05) is 14.1 Å². The highest BCUT2D eigenvalue weighted by molar-refractivity contribution is 5.89. The van der Waals surface area contributed by atoms with Crippen LogP contribution in [0.15, 0.2) is 36.4 Å². The first-order valence-corrected chi connectivity index (χ1v) is 5.03. The summed E-state index contributed by atoms with van der Waals surface area (Å²) in [6, 6.07) is 11.9. The van der Waals surface area contributed by atoms with E-state index in [0.717, 1.165) is 22.9 Å². The van der Waals surface area contributed by atoms with Crippen molar-refractivity contribution in [3.8, 4) is 5.75 Å². The second-order valence-electron chi connectivity index (χ2n) is 4.03. The molecular weight excluding hydrogens is 222 g/mol. The van der Waals surface area contributed by atoms with Gasteiger partial charge in [-0.25, -0.2) is 0 Å². The molecule has 2 aromatic rings. The molecule has 0 heterocycles. The fourth-order valence-electron chi connectivity index (χ4n) is 1.77. The van der Waals surface area contributed by atoms with Gasteiger partial charge in [0.15, 0.2) is 0 Å². The predicted molar refractivity (Wildman–Crippen MR) is 70.3 cm³/mol. The van der Waals surface area contributed by atoms with Gasteiger partial charge in [-0.1, -0.05) is 36.4 Å². The van der Waals surface area contributed by atoms with Gasteiger partial charge in [0.1, 0.15) is 5.75 Å². The molecule has 0 spiro atoms. The number of phenols is 1. The second-order valence-corrected chi connectivity index (χ2v) is 4.03. The van der Waals surface area contributed by atoms with Crippen molar-refractivity contribution in [3.63, 3.8) is 0 Å². The van der Waals surface area contributed by atoms with Crippen molar-refractivity contribution in [2.24, 2.45) is 0 Å². The van der Waals surface area contributed by atoms with E-state index in [4.69, 9.17) is 0 Å². The SMILES string of the molecule is CN(C)Cc1ccc2ccccc2c1O.Cl. The minimum Gasteiger partial charge on any atom is -0.507 e. The highest BCUT2D eigenvalue weighted by Crippen LogP contribution is 2.28. The number of phenolic OH excluding ortho intramolecular Hbond substituents is 1. The van der Waals surface area contributed by atoms with E-state index in [-0.39, 0.29) is 12.4 Å². The third kappa shape index (κ3) is 2.46. The second kappa shape index (κ2) is 5.19. The number of nitrogens with zero attached hydrogens (tertiary/aromatic N) is 1. The van der Waals surface area contributed by atoms with Gasteiger partial charge in [0.25, 0.3) is 0 Å². The van der Waals surface area contributed by atoms with Gasteiger partial charge >= 0.3 is 0 Å². The first kappa shape index (κ1) is 12.8. The molecule has 0 aliphatic heterocycles. The van der Waals surface area contributed by atoms with E-state index in [2.05, 4.69) is 0 Å². The molecule has 0 saturated heterocycles. The third-order valence-electron chi connectivity index (χ3n) is 2.47. The smallest absolute Gasteiger partial charge is 0.127 e. The Morgan fingerprint density at radius 3 is 2.44 bits per heavy atom. The molecule has 0 amide bonds. The summed E-state index contributed by atoms with van der Waals surface area (Å²) in [6.45, 7) is 0.761. The number of hydrogen-bond donors (Lipinski definition) is 1. The Balaban J connectivity index is 0.00000128. The molecule has 2 aromatic carbocycles. The van der Waals surface area contributed by atoms with Crippen molar-refractivity contribution in [1.82, 2.24) is 4.90 Å². The van der Waals surface area contributed by atoms with Crippen LogP contribution in [0.3, 0.4) is 0 Å². The molecule has 3 heteroatoms. The molecule has 0 bridgehead atoms. The first-order chi connectivity index (χ1) is 7.18. The molecule has 0 radical (unpaired) electrons. The normalized spacial score (nSPS) is 10.4. The fraction of sp³-hybridized carbons (Fsp3) is 0.231. The molecule has 0 aromatic heterocycles. The van der Waals surface area contributed by atoms with Crippen LogP contribution in [0.1, 0.15) is 5.56 Å². The number of halogens is 1. The zero-order valence-corrected chi connectivity index (χ0v) is 10.3. The zero-order chi connectivity index (χ0) is 10.8. The lowest BCUT2D eigenvalue weighted by atomic mass is 10.1. The molecule has 2 rings (SSSR count). The lowest BCUT2D eigenvalue weighted by Gasteiger charge is -2.12. The molecule has 0 aliphatic rings. The van der Waals surface area contributed by atoms with Gasteiger partial charge in [-0.15, -0.1) is 12.4 Å². The number of hydrogen-bond acceptors (Lipinski definition) is 2. The van der Waals surface area contributed by atoms with Crippen molar-refractivity contribution < 1.29 is 5.11 Å². The average molecular weight is 238 g/mol. The Hall–Kier alpha value is -1.25. The van der Waals surface area contributed by atoms with Gasteiger partial charge in [-0.2, -0.15) is 0 Å². The van der Waals surface area contributed by atoms with Crippen LogP contribution in [0.5, 0.6) is 5.75 Å². The zero-order valence-electron chi connectivity index (χ0n) is 9.47. The van der Waals surface area contributed by atoms with E-state index in [1.54, 1.807) is 0 Å². The monoisotopic (exact) mass is 237 g/mol. The molecule has 0 saturated carbocycles. The van der Waals surface area contributed by atoms with Crippen molar-refractivity contribution in [1.29, 1.82) is 0 Å². The summed E-state index contributed by atoms with van der Waals surface area (Å²) in [7, 11) is 3.99. The van der Waals surface area contributed by atoms with Gasteiger partial charge < -0.3 is 10.0 Å². The Morgan fingerprint density at radius 1 is 1.06 bits per heavy atom. The molecular formula is C13H16ClNO. The summed E-state index contributed by atoms with van der Waals surface area (Å²) in [4.78, 5) is 2.05. The summed E-state index contributed by atoms with van der Waals surface area (Å²) in [5, 5.41) is 12.1. The fourth-order valence-corrected chi connectivity index (χ4v) is 1.77. The lowest BCUT2D eigenvalue weighted by molar-refractivity contribution is 0.387. The minimum absolute atomic E-state index is 0. The van der Waals surface area contributed by atoms with Gasteiger partial charge in [0.05, 0.1) is 0 Å². The topological polar surface area (TPSA) is 23.5 Å². The van der Waals surface area contributed by atoms with Crippen LogP contribution in [-0.2, 0) is 6.54 Å². The quantitative estimate of drug-likeness (QED) is 0.868. The maximum atomic E-state index is 10.1. The van der Waals surface area contributed by atoms with E-state index in [1.807, 2.05) is 55.4 Å². The Bertz CT molecular complexity index is 482. The Kier molecular flexibility index (Phi) is 4.16. The van der Waals surface area contributed by atoms with Crippen LogP contribution in [-0.4, -0.2) is 24.1 Å². The number of benzene rings is 2. The van der Waals surface area contributed by atoms with Crippen molar-refractivity contribution >= 4 is 23.2 Å². The van der Waals surface area contributed by atoms with Gasteiger partial charge in [0, 0.05) is 17.5 Å². The van der Waals surface area contributed by atoms with Gasteiger partial charge in [-0.05, 0) is 19.5 Å². The van der Waals surface area contributed by atoms with Crippen molar-refractivity contribution in [3.05, 3.63) is 42.0 Å². The molecule has 0 fully saturated rings. The van der Waals surface area contributed by atoms with Crippen LogP contribution in [0.2, 0.25) is 0 Å². The van der Waals surface area contributed by atoms with E-state index >= 15 is 0 Å². The van der Waals surface area contributed by atoms with E-state index in [9.17, 15) is 5.11 Å². The number of fused-ring (bicyclic) bond motifs is 1. The van der Waals surface area contributed by atoms with E-state index in [0.29, 0.717) is 5.75 Å². The van der Waals surface area contributed by atoms with Crippen LogP contribution >= 0.6 is 12.4 Å². The lowest BCUT2D eigenvalue weighted by Crippen LogP contribution is -2.10. The predicted octanol–water partition coefficient (Wildman–Crippen LogP) is 3.03. The molecule has 86 valence electrons. The molecule has 0 atom stereocenters. The molecule has 0 aliphatic carbocycles. The van der Waals surface area contributed by atoms with E-state index in [1.165, 1.54) is 0 Å². The summed E-state index contributed by atoms with van der Waals surface area (Å²) in [5.41, 5.74) is 0.971.